The van der Waals surface area contributed by atoms with Crippen LogP contribution in [0.3, 0.4) is 0 Å². The van der Waals surface area contributed by atoms with Crippen molar-refractivity contribution in [1.82, 2.24) is 0 Å². The number of carbonyl (C=O) groups is 1. The second-order valence-corrected chi connectivity index (χ2v) is 3.88. The molecule has 0 aliphatic rings. The van der Waals surface area contributed by atoms with Gasteiger partial charge < -0.3 is 0 Å². The Morgan fingerprint density at radius 2 is 1.58 bits per heavy atom. The summed E-state index contributed by atoms with van der Waals surface area (Å²) in [6.07, 6.45) is -4.78. The van der Waals surface area contributed by atoms with E-state index in [2.05, 4.69) is 0 Å². The molecule has 2 aromatic rings. The molecule has 0 heterocycles. The zero-order chi connectivity index (χ0) is 14.0. The van der Waals surface area contributed by atoms with E-state index in [1.807, 2.05) is 0 Å². The van der Waals surface area contributed by atoms with E-state index in [9.17, 15) is 22.4 Å². The molecule has 0 aromatic heterocycles. The van der Waals surface area contributed by atoms with E-state index in [0.717, 1.165) is 12.1 Å². The van der Waals surface area contributed by atoms with E-state index in [-0.39, 0.29) is 5.56 Å². The molecule has 2 rings (SSSR count). The van der Waals surface area contributed by atoms with E-state index in [1.165, 1.54) is 12.1 Å². The maximum Gasteiger partial charge on any atom is 0.417 e. The number of benzene rings is 2. The van der Waals surface area contributed by atoms with Crippen molar-refractivity contribution in [2.45, 2.75) is 6.18 Å². The van der Waals surface area contributed by atoms with Gasteiger partial charge in [-0.05, 0) is 18.2 Å². The fraction of sp³-hybridized carbons (Fsp3) is 0.0714. The second kappa shape index (κ2) is 4.84. The first kappa shape index (κ1) is 13.3. The maximum absolute atomic E-state index is 12.9. The molecular weight excluding hydrogens is 260 g/mol. The van der Waals surface area contributed by atoms with Crippen molar-refractivity contribution < 1.29 is 22.4 Å². The fourth-order valence-corrected chi connectivity index (χ4v) is 1.69. The zero-order valence-electron chi connectivity index (χ0n) is 9.54. The first-order chi connectivity index (χ1) is 8.89. The molecule has 5 heteroatoms. The van der Waals surface area contributed by atoms with Gasteiger partial charge in [0, 0.05) is 11.1 Å². The lowest BCUT2D eigenvalue weighted by molar-refractivity contribution is -0.138. The first-order valence-corrected chi connectivity index (χ1v) is 5.36. The van der Waals surface area contributed by atoms with Crippen LogP contribution in [0.2, 0.25) is 0 Å². The molecule has 0 aliphatic carbocycles. The molecule has 1 nitrogen and oxygen atoms in total. The van der Waals surface area contributed by atoms with Crippen LogP contribution in [0, 0.1) is 5.82 Å². The van der Waals surface area contributed by atoms with Gasteiger partial charge in [-0.15, -0.1) is 0 Å². The van der Waals surface area contributed by atoms with E-state index in [1.54, 1.807) is 18.2 Å². The molecule has 0 unspecified atom stereocenters. The fourth-order valence-electron chi connectivity index (χ4n) is 1.69. The molecule has 0 bridgehead atoms. The molecule has 0 saturated carbocycles. The highest BCUT2D eigenvalue weighted by Gasteiger charge is 2.35. The molecular formula is C14H8F4O. The smallest absolute Gasteiger partial charge is 0.289 e. The van der Waals surface area contributed by atoms with Crippen LogP contribution in [0.1, 0.15) is 21.5 Å². The normalized spacial score (nSPS) is 11.4. The second-order valence-electron chi connectivity index (χ2n) is 3.88. The van der Waals surface area contributed by atoms with E-state index < -0.39 is 28.9 Å². The molecule has 0 saturated heterocycles. The molecule has 19 heavy (non-hydrogen) atoms. The molecule has 98 valence electrons. The quantitative estimate of drug-likeness (QED) is 0.592. The van der Waals surface area contributed by atoms with Crippen LogP contribution in [0.15, 0.2) is 48.5 Å². The lowest BCUT2D eigenvalue weighted by Gasteiger charge is -2.12. The average Bonchev–Trinajstić information content (AvgIpc) is 2.38. The van der Waals surface area contributed by atoms with Crippen LogP contribution in [-0.4, -0.2) is 5.78 Å². The lowest BCUT2D eigenvalue weighted by Crippen LogP contribution is -2.14. The average molecular weight is 268 g/mol. The summed E-state index contributed by atoms with van der Waals surface area (Å²) in [5, 5.41) is 0. The summed E-state index contributed by atoms with van der Waals surface area (Å²) in [5.74, 6) is -1.81. The number of halogens is 4. The molecule has 0 fully saturated rings. The highest BCUT2D eigenvalue weighted by molar-refractivity contribution is 6.10. The molecule has 0 atom stereocenters. The molecule has 2 aromatic carbocycles. The summed E-state index contributed by atoms with van der Waals surface area (Å²) in [7, 11) is 0. The largest absolute Gasteiger partial charge is 0.417 e. The van der Waals surface area contributed by atoms with Crippen LogP contribution >= 0.6 is 0 Å². The first-order valence-electron chi connectivity index (χ1n) is 5.36. The number of carbonyl (C=O) groups excluding carboxylic acids is 1. The van der Waals surface area contributed by atoms with Crippen molar-refractivity contribution in [1.29, 1.82) is 0 Å². The standard InChI is InChI=1S/C14H8F4O/c15-10-6-7-11(12(8-10)14(16,17)18)13(19)9-4-2-1-3-5-9/h1-8H. The number of rotatable bonds is 2. The maximum atomic E-state index is 12.9. The highest BCUT2D eigenvalue weighted by atomic mass is 19.4. The monoisotopic (exact) mass is 268 g/mol. The Bertz CT molecular complexity index is 603. The van der Waals surface area contributed by atoms with Crippen molar-refractivity contribution >= 4 is 5.78 Å². The van der Waals surface area contributed by atoms with Gasteiger partial charge in [-0.1, -0.05) is 30.3 Å². The Kier molecular flexibility index (Phi) is 3.38. The molecule has 0 N–H and O–H groups in total. The predicted molar refractivity (Wildman–Crippen MR) is 61.3 cm³/mol. The van der Waals surface area contributed by atoms with Gasteiger partial charge in [-0.2, -0.15) is 13.2 Å². The van der Waals surface area contributed by atoms with Crippen molar-refractivity contribution in [3.05, 3.63) is 71.0 Å². The van der Waals surface area contributed by atoms with Gasteiger partial charge in [0.25, 0.3) is 0 Å². The van der Waals surface area contributed by atoms with E-state index in [0.29, 0.717) is 6.07 Å². The van der Waals surface area contributed by atoms with Crippen LogP contribution in [0.5, 0.6) is 0 Å². The summed E-state index contributed by atoms with van der Waals surface area (Å²) in [5.41, 5.74) is -1.69. The van der Waals surface area contributed by atoms with Crippen molar-refractivity contribution in [2.75, 3.05) is 0 Å². The Morgan fingerprint density at radius 1 is 0.947 bits per heavy atom. The minimum Gasteiger partial charge on any atom is -0.289 e. The molecule has 0 radical (unpaired) electrons. The lowest BCUT2D eigenvalue weighted by atomic mass is 9.98. The van der Waals surface area contributed by atoms with Gasteiger partial charge in [-0.25, -0.2) is 4.39 Å². The van der Waals surface area contributed by atoms with Gasteiger partial charge >= 0.3 is 6.18 Å². The third kappa shape index (κ3) is 2.81. The summed E-state index contributed by atoms with van der Waals surface area (Å²) >= 11 is 0. The van der Waals surface area contributed by atoms with Gasteiger partial charge in [0.2, 0.25) is 0 Å². The van der Waals surface area contributed by atoms with Gasteiger partial charge in [0.05, 0.1) is 5.56 Å². The number of hydrogen-bond acceptors (Lipinski definition) is 1. The molecule has 0 amide bonds. The Labute approximate surface area is 106 Å². The van der Waals surface area contributed by atoms with Crippen molar-refractivity contribution in [2.24, 2.45) is 0 Å². The molecule has 0 aliphatic heterocycles. The Morgan fingerprint density at radius 3 is 2.16 bits per heavy atom. The Hall–Kier alpha value is -2.17. The number of alkyl halides is 3. The third-order valence-electron chi connectivity index (χ3n) is 2.57. The minimum absolute atomic E-state index is 0.125. The van der Waals surface area contributed by atoms with Crippen LogP contribution in [0.25, 0.3) is 0 Å². The van der Waals surface area contributed by atoms with Gasteiger partial charge in [-0.3, -0.25) is 4.79 Å². The van der Waals surface area contributed by atoms with Crippen LogP contribution in [-0.2, 0) is 6.18 Å². The minimum atomic E-state index is -4.78. The summed E-state index contributed by atoms with van der Waals surface area (Å²) in [6, 6.07) is 9.58. The van der Waals surface area contributed by atoms with Crippen LogP contribution in [0.4, 0.5) is 17.6 Å². The SMILES string of the molecule is O=C(c1ccccc1)c1ccc(F)cc1C(F)(F)F. The molecule has 0 spiro atoms. The summed E-state index contributed by atoms with van der Waals surface area (Å²) in [4.78, 5) is 12.0. The number of ketones is 1. The summed E-state index contributed by atoms with van der Waals surface area (Å²) in [6.45, 7) is 0. The van der Waals surface area contributed by atoms with Gasteiger partial charge in [0.1, 0.15) is 5.82 Å². The van der Waals surface area contributed by atoms with Crippen molar-refractivity contribution in [3.63, 3.8) is 0 Å². The summed E-state index contributed by atoms with van der Waals surface area (Å²) < 4.78 is 51.3. The van der Waals surface area contributed by atoms with Crippen LogP contribution < -0.4 is 0 Å². The topological polar surface area (TPSA) is 17.1 Å². The Balaban J connectivity index is 2.54. The van der Waals surface area contributed by atoms with E-state index >= 15 is 0 Å². The number of hydrogen-bond donors (Lipinski definition) is 0. The highest BCUT2D eigenvalue weighted by Crippen LogP contribution is 2.33. The van der Waals surface area contributed by atoms with E-state index in [4.69, 9.17) is 0 Å². The third-order valence-corrected chi connectivity index (χ3v) is 2.57. The van der Waals surface area contributed by atoms with Gasteiger partial charge in [0.15, 0.2) is 5.78 Å². The predicted octanol–water partition coefficient (Wildman–Crippen LogP) is 4.08. The van der Waals surface area contributed by atoms with Crippen molar-refractivity contribution in [3.8, 4) is 0 Å². The zero-order valence-corrected chi connectivity index (χ0v) is 9.54.